The topological polar surface area (TPSA) is 73.6 Å². The molecule has 24 heavy (non-hydrogen) atoms. The molecule has 0 spiro atoms. The highest BCUT2D eigenvalue weighted by molar-refractivity contribution is 8.00. The first kappa shape index (κ1) is 18.0. The van der Waals surface area contributed by atoms with Gasteiger partial charge >= 0.3 is 0 Å². The van der Waals surface area contributed by atoms with Gasteiger partial charge in [-0.05, 0) is 42.8 Å². The van der Waals surface area contributed by atoms with E-state index in [1.165, 1.54) is 11.8 Å². The van der Waals surface area contributed by atoms with Crippen LogP contribution in [0.4, 0.5) is 11.4 Å². The molecular weight excluding hydrogens is 324 g/mol. The molecule has 0 aliphatic heterocycles. The van der Waals surface area contributed by atoms with Gasteiger partial charge in [-0.25, -0.2) is 0 Å². The number of amides is 1. The van der Waals surface area contributed by atoms with Crippen molar-refractivity contribution in [3.8, 4) is 11.5 Å². The number of thioether (sulfide) groups is 1. The zero-order valence-corrected chi connectivity index (χ0v) is 14.9. The maximum atomic E-state index is 12.6. The highest BCUT2D eigenvalue weighted by Gasteiger charge is 2.19. The summed E-state index contributed by atoms with van der Waals surface area (Å²) >= 11 is 1.51. The third kappa shape index (κ3) is 4.58. The molecule has 0 fully saturated rings. The number of nitrogens with one attached hydrogen (secondary N) is 1. The summed E-state index contributed by atoms with van der Waals surface area (Å²) in [6.07, 6.45) is 0.708. The van der Waals surface area contributed by atoms with Gasteiger partial charge in [0.1, 0.15) is 11.5 Å². The summed E-state index contributed by atoms with van der Waals surface area (Å²) in [5, 5.41) is 2.72. The number of benzene rings is 2. The number of carbonyl (C=O) groups is 1. The van der Waals surface area contributed by atoms with Crippen molar-refractivity contribution in [1.29, 1.82) is 0 Å². The minimum Gasteiger partial charge on any atom is -0.497 e. The third-order valence-electron chi connectivity index (χ3n) is 3.49. The minimum absolute atomic E-state index is 0.0669. The molecule has 0 bridgehead atoms. The van der Waals surface area contributed by atoms with Crippen molar-refractivity contribution in [1.82, 2.24) is 0 Å². The smallest absolute Gasteiger partial charge is 0.237 e. The van der Waals surface area contributed by atoms with Crippen LogP contribution in [0, 0.1) is 0 Å². The number of hydrogen-bond donors (Lipinski definition) is 2. The van der Waals surface area contributed by atoms with Crippen LogP contribution >= 0.6 is 11.8 Å². The van der Waals surface area contributed by atoms with Crippen molar-refractivity contribution in [2.24, 2.45) is 0 Å². The van der Waals surface area contributed by atoms with Crippen LogP contribution in [0.3, 0.4) is 0 Å². The van der Waals surface area contributed by atoms with E-state index in [2.05, 4.69) is 5.32 Å². The molecule has 1 atom stereocenters. The molecule has 6 heteroatoms. The Balaban J connectivity index is 2.10. The van der Waals surface area contributed by atoms with Gasteiger partial charge in [0.05, 0.1) is 25.2 Å². The molecule has 0 aliphatic carbocycles. The Morgan fingerprint density at radius 3 is 2.46 bits per heavy atom. The average molecular weight is 346 g/mol. The monoisotopic (exact) mass is 346 g/mol. The maximum Gasteiger partial charge on any atom is 0.237 e. The van der Waals surface area contributed by atoms with E-state index >= 15 is 0 Å². The summed E-state index contributed by atoms with van der Waals surface area (Å²) in [7, 11) is 3.15. The van der Waals surface area contributed by atoms with Crippen LogP contribution in [0.15, 0.2) is 47.4 Å². The van der Waals surface area contributed by atoms with Crippen LogP contribution in [-0.4, -0.2) is 25.4 Å². The fourth-order valence-electron chi connectivity index (χ4n) is 2.15. The molecule has 0 aromatic heterocycles. The number of nitrogens with two attached hydrogens (primary N) is 1. The van der Waals surface area contributed by atoms with Crippen LogP contribution in [-0.2, 0) is 4.79 Å². The number of carbonyl (C=O) groups excluding carboxylic acids is 1. The predicted molar refractivity (Wildman–Crippen MR) is 99.0 cm³/mol. The van der Waals surface area contributed by atoms with Crippen LogP contribution in [0.5, 0.6) is 11.5 Å². The molecule has 0 heterocycles. The molecule has 2 rings (SSSR count). The lowest BCUT2D eigenvalue weighted by atomic mass is 10.2. The van der Waals surface area contributed by atoms with Gasteiger partial charge < -0.3 is 20.5 Å². The molecule has 1 amide bonds. The lowest BCUT2D eigenvalue weighted by Gasteiger charge is -2.17. The van der Waals surface area contributed by atoms with E-state index in [1.54, 1.807) is 32.4 Å². The Bertz CT molecular complexity index is 689. The van der Waals surface area contributed by atoms with Crippen molar-refractivity contribution in [2.75, 3.05) is 25.3 Å². The maximum absolute atomic E-state index is 12.6. The first-order chi connectivity index (χ1) is 11.6. The highest BCUT2D eigenvalue weighted by Crippen LogP contribution is 2.31. The molecule has 0 saturated heterocycles. The summed E-state index contributed by atoms with van der Waals surface area (Å²) in [5.74, 6) is 1.17. The summed E-state index contributed by atoms with van der Waals surface area (Å²) in [4.78, 5) is 13.6. The number of ether oxygens (including phenoxy) is 2. The Morgan fingerprint density at radius 2 is 1.88 bits per heavy atom. The molecule has 1 unspecified atom stereocenters. The number of rotatable bonds is 7. The van der Waals surface area contributed by atoms with Gasteiger partial charge in [0, 0.05) is 16.6 Å². The first-order valence-electron chi connectivity index (χ1n) is 7.62. The Labute approximate surface area is 146 Å². The SMILES string of the molecule is CCC(Sc1ccc(N)cc1)C(=O)Nc1ccc(OC)cc1OC. The number of anilines is 2. The summed E-state index contributed by atoms with van der Waals surface area (Å²) in [6.45, 7) is 1.99. The summed E-state index contributed by atoms with van der Waals surface area (Å²) in [6, 6.07) is 12.8. The van der Waals surface area contributed by atoms with Gasteiger partial charge in [-0.3, -0.25) is 4.79 Å². The minimum atomic E-state index is -0.208. The molecule has 0 saturated carbocycles. The second-order valence-electron chi connectivity index (χ2n) is 5.14. The van der Waals surface area contributed by atoms with Crippen molar-refractivity contribution >= 4 is 29.0 Å². The fourth-order valence-corrected chi connectivity index (χ4v) is 3.10. The van der Waals surface area contributed by atoms with Gasteiger partial charge in [0.2, 0.25) is 5.91 Å². The molecular formula is C18H22N2O3S. The zero-order chi connectivity index (χ0) is 17.5. The van der Waals surface area contributed by atoms with Gasteiger partial charge in [0.25, 0.3) is 0 Å². The second kappa shape index (κ2) is 8.49. The molecule has 128 valence electrons. The van der Waals surface area contributed by atoms with Gasteiger partial charge in [-0.1, -0.05) is 6.92 Å². The van der Waals surface area contributed by atoms with Gasteiger partial charge in [0.15, 0.2) is 0 Å². The standard InChI is InChI=1S/C18H22N2O3S/c1-4-17(24-14-8-5-12(19)6-9-14)18(21)20-15-10-7-13(22-2)11-16(15)23-3/h5-11,17H,4,19H2,1-3H3,(H,20,21). The van der Waals surface area contributed by atoms with E-state index in [1.807, 2.05) is 31.2 Å². The van der Waals surface area contributed by atoms with E-state index in [9.17, 15) is 4.79 Å². The van der Waals surface area contributed by atoms with E-state index in [-0.39, 0.29) is 11.2 Å². The second-order valence-corrected chi connectivity index (χ2v) is 6.42. The number of nitrogen functional groups attached to an aromatic ring is 1. The molecule has 3 N–H and O–H groups in total. The Kier molecular flexibility index (Phi) is 6.37. The lowest BCUT2D eigenvalue weighted by Crippen LogP contribution is -2.24. The first-order valence-corrected chi connectivity index (χ1v) is 8.50. The van der Waals surface area contributed by atoms with E-state index in [4.69, 9.17) is 15.2 Å². The van der Waals surface area contributed by atoms with Crippen LogP contribution in [0.25, 0.3) is 0 Å². The van der Waals surface area contributed by atoms with E-state index < -0.39 is 0 Å². The molecule has 0 aliphatic rings. The van der Waals surface area contributed by atoms with Gasteiger partial charge in [-0.15, -0.1) is 11.8 Å². The van der Waals surface area contributed by atoms with Crippen molar-refractivity contribution in [2.45, 2.75) is 23.5 Å². The largest absolute Gasteiger partial charge is 0.497 e. The fraction of sp³-hybridized carbons (Fsp3) is 0.278. The third-order valence-corrected chi connectivity index (χ3v) is 4.86. The lowest BCUT2D eigenvalue weighted by molar-refractivity contribution is -0.115. The van der Waals surface area contributed by atoms with Crippen molar-refractivity contribution in [3.05, 3.63) is 42.5 Å². The van der Waals surface area contributed by atoms with Crippen molar-refractivity contribution in [3.63, 3.8) is 0 Å². The Hall–Kier alpha value is -2.34. The average Bonchev–Trinajstić information content (AvgIpc) is 2.61. The highest BCUT2D eigenvalue weighted by atomic mass is 32.2. The predicted octanol–water partition coefficient (Wildman–Crippen LogP) is 3.80. The van der Waals surface area contributed by atoms with E-state index in [0.29, 0.717) is 29.3 Å². The van der Waals surface area contributed by atoms with Crippen LogP contribution in [0.2, 0.25) is 0 Å². The van der Waals surface area contributed by atoms with Gasteiger partial charge in [-0.2, -0.15) is 0 Å². The van der Waals surface area contributed by atoms with E-state index in [0.717, 1.165) is 4.90 Å². The molecule has 5 nitrogen and oxygen atoms in total. The summed E-state index contributed by atoms with van der Waals surface area (Å²) in [5.41, 5.74) is 7.03. The number of hydrogen-bond acceptors (Lipinski definition) is 5. The van der Waals surface area contributed by atoms with Crippen molar-refractivity contribution < 1.29 is 14.3 Å². The van der Waals surface area contributed by atoms with Crippen LogP contribution < -0.4 is 20.5 Å². The molecule has 2 aromatic carbocycles. The zero-order valence-electron chi connectivity index (χ0n) is 14.0. The van der Waals surface area contributed by atoms with Crippen LogP contribution in [0.1, 0.15) is 13.3 Å². The Morgan fingerprint density at radius 1 is 1.17 bits per heavy atom. The number of methoxy groups -OCH3 is 2. The molecule has 0 radical (unpaired) electrons. The molecule has 2 aromatic rings. The quantitative estimate of drug-likeness (QED) is 0.589. The summed E-state index contributed by atoms with van der Waals surface area (Å²) < 4.78 is 10.5. The normalized spacial score (nSPS) is 11.6.